The van der Waals surface area contributed by atoms with Crippen LogP contribution < -0.4 is 0 Å². The Balaban J connectivity index is 2.97. The van der Waals surface area contributed by atoms with Crippen molar-refractivity contribution in [1.82, 2.24) is 0 Å². The van der Waals surface area contributed by atoms with Gasteiger partial charge in [0.25, 0.3) is 20.2 Å². The maximum atomic E-state index is 11.0. The first-order valence-corrected chi connectivity index (χ1v) is 6.70. The SMILES string of the molecule is O=S(=O)(O)CCC1(S(=O)(=O)O)[C]=N[C]=C1. The zero-order valence-corrected chi connectivity index (χ0v) is 8.92. The topological polar surface area (TPSA) is 121 Å². The Hall–Kier alpha value is -0.770. The molecular weight excluding hydrogens is 246 g/mol. The Morgan fingerprint density at radius 3 is 2.20 bits per heavy atom. The summed E-state index contributed by atoms with van der Waals surface area (Å²) < 4.78 is 58.1. The lowest BCUT2D eigenvalue weighted by molar-refractivity contribution is 0.461. The number of hydrogen-bond donors (Lipinski definition) is 2. The van der Waals surface area contributed by atoms with Crippen LogP contribution in [0.15, 0.2) is 11.1 Å². The van der Waals surface area contributed by atoms with E-state index in [-0.39, 0.29) is 0 Å². The van der Waals surface area contributed by atoms with E-state index < -0.39 is 37.2 Å². The second-order valence-electron chi connectivity index (χ2n) is 2.90. The average Bonchev–Trinajstić information content (AvgIpc) is 2.46. The fourth-order valence-corrected chi connectivity index (χ4v) is 2.40. The van der Waals surface area contributed by atoms with Crippen LogP contribution in [0.25, 0.3) is 0 Å². The molecule has 0 aliphatic carbocycles. The Kier molecular flexibility index (Phi) is 3.01. The van der Waals surface area contributed by atoms with Crippen molar-refractivity contribution in [2.75, 3.05) is 5.75 Å². The maximum absolute atomic E-state index is 11.0. The van der Waals surface area contributed by atoms with Gasteiger partial charge in [-0.2, -0.15) is 16.8 Å². The molecule has 0 amide bonds. The highest BCUT2D eigenvalue weighted by Gasteiger charge is 2.42. The van der Waals surface area contributed by atoms with Gasteiger partial charge in [-0.15, -0.1) is 0 Å². The molecule has 1 atom stereocenters. The quantitative estimate of drug-likeness (QED) is 0.631. The predicted molar refractivity (Wildman–Crippen MR) is 50.6 cm³/mol. The van der Waals surface area contributed by atoms with Crippen molar-refractivity contribution < 1.29 is 25.9 Å². The van der Waals surface area contributed by atoms with E-state index in [0.717, 1.165) is 6.08 Å². The van der Waals surface area contributed by atoms with E-state index in [1.54, 1.807) is 0 Å². The first-order chi connectivity index (χ1) is 6.66. The zero-order valence-electron chi connectivity index (χ0n) is 7.28. The summed E-state index contributed by atoms with van der Waals surface area (Å²) in [4.78, 5) is 3.23. The molecule has 0 bridgehead atoms. The minimum atomic E-state index is -4.59. The molecule has 0 aromatic carbocycles. The van der Waals surface area contributed by atoms with Crippen LogP contribution in [0.5, 0.6) is 0 Å². The first kappa shape index (κ1) is 12.3. The largest absolute Gasteiger partial charge is 0.286 e. The van der Waals surface area contributed by atoms with Gasteiger partial charge in [0.2, 0.25) is 0 Å². The molecule has 0 saturated heterocycles. The summed E-state index contributed by atoms with van der Waals surface area (Å²) in [6.07, 6.45) is 4.47. The molecule has 2 radical (unpaired) electrons. The summed E-state index contributed by atoms with van der Waals surface area (Å²) in [5, 5.41) is 0. The lowest BCUT2D eigenvalue weighted by Gasteiger charge is -2.17. The second kappa shape index (κ2) is 3.67. The van der Waals surface area contributed by atoms with Crippen LogP contribution >= 0.6 is 0 Å². The monoisotopic (exact) mass is 253 g/mol. The third-order valence-electron chi connectivity index (χ3n) is 1.80. The fourth-order valence-electron chi connectivity index (χ4n) is 0.966. The Morgan fingerprint density at radius 1 is 1.27 bits per heavy atom. The molecule has 84 valence electrons. The Bertz CT molecular complexity index is 488. The van der Waals surface area contributed by atoms with E-state index >= 15 is 0 Å². The van der Waals surface area contributed by atoms with Gasteiger partial charge in [0.05, 0.1) is 18.2 Å². The fraction of sp³-hybridized carbons (Fsp3) is 0.500. The standard InChI is InChI=1S/C6H7NO6S2/c8-14(9,10)4-2-6(15(11,12)13)1-3-7-5-6/h1H,2,4H2,(H,8,9,10)(H,11,12,13). The van der Waals surface area contributed by atoms with Crippen molar-refractivity contribution in [3.05, 3.63) is 12.3 Å². The number of rotatable bonds is 4. The summed E-state index contributed by atoms with van der Waals surface area (Å²) in [5.41, 5.74) is 0. The number of aliphatic imine (C=N–C) groups is 1. The van der Waals surface area contributed by atoms with E-state index in [2.05, 4.69) is 11.2 Å². The van der Waals surface area contributed by atoms with Crippen LogP contribution in [0.2, 0.25) is 0 Å². The molecular formula is C6H7NO6S2. The minimum Gasteiger partial charge on any atom is -0.286 e. The van der Waals surface area contributed by atoms with Gasteiger partial charge in [0, 0.05) is 0 Å². The van der Waals surface area contributed by atoms with Gasteiger partial charge in [0.15, 0.2) is 4.75 Å². The lowest BCUT2D eigenvalue weighted by atomic mass is 10.1. The molecule has 1 aliphatic rings. The van der Waals surface area contributed by atoms with Crippen molar-refractivity contribution in [2.45, 2.75) is 11.2 Å². The second-order valence-corrected chi connectivity index (χ2v) is 6.15. The van der Waals surface area contributed by atoms with Gasteiger partial charge in [-0.25, -0.2) is 4.99 Å². The highest BCUT2D eigenvalue weighted by molar-refractivity contribution is 7.88. The molecule has 1 heterocycles. The molecule has 1 unspecified atom stereocenters. The highest BCUT2D eigenvalue weighted by Crippen LogP contribution is 2.24. The van der Waals surface area contributed by atoms with E-state index in [1.807, 2.05) is 6.21 Å². The van der Waals surface area contributed by atoms with Crippen molar-refractivity contribution in [2.24, 2.45) is 4.99 Å². The molecule has 0 aromatic heterocycles. The summed E-state index contributed by atoms with van der Waals surface area (Å²) in [6.45, 7) is 0. The highest BCUT2D eigenvalue weighted by atomic mass is 32.2. The normalized spacial score (nSPS) is 26.0. The maximum Gasteiger partial charge on any atom is 0.280 e. The molecule has 0 saturated carbocycles. The van der Waals surface area contributed by atoms with Crippen LogP contribution in [-0.4, -0.2) is 42.7 Å². The average molecular weight is 253 g/mol. The van der Waals surface area contributed by atoms with Gasteiger partial charge < -0.3 is 0 Å². The van der Waals surface area contributed by atoms with Crippen LogP contribution in [-0.2, 0) is 20.2 Å². The van der Waals surface area contributed by atoms with Gasteiger partial charge in [-0.1, -0.05) is 0 Å². The molecule has 15 heavy (non-hydrogen) atoms. The molecule has 1 aliphatic heterocycles. The lowest BCUT2D eigenvalue weighted by Crippen LogP contribution is -2.38. The van der Waals surface area contributed by atoms with Crippen molar-refractivity contribution in [3.8, 4) is 0 Å². The first-order valence-electron chi connectivity index (χ1n) is 3.65. The van der Waals surface area contributed by atoms with Crippen molar-refractivity contribution >= 4 is 26.5 Å². The van der Waals surface area contributed by atoms with Crippen LogP contribution in [0.3, 0.4) is 0 Å². The van der Waals surface area contributed by atoms with E-state index in [0.29, 0.717) is 0 Å². The molecule has 1 rings (SSSR count). The van der Waals surface area contributed by atoms with Gasteiger partial charge >= 0.3 is 0 Å². The smallest absolute Gasteiger partial charge is 0.280 e. The van der Waals surface area contributed by atoms with Crippen LogP contribution in [0.1, 0.15) is 6.42 Å². The Labute approximate surface area is 87.0 Å². The molecule has 0 spiro atoms. The summed E-state index contributed by atoms with van der Waals surface area (Å²) in [6, 6.07) is 0. The zero-order chi connectivity index (χ0) is 11.7. The summed E-state index contributed by atoms with van der Waals surface area (Å²) in [5.74, 6) is -0.826. The van der Waals surface area contributed by atoms with E-state index in [4.69, 9.17) is 9.11 Å². The van der Waals surface area contributed by atoms with E-state index in [1.165, 1.54) is 0 Å². The molecule has 2 N–H and O–H groups in total. The van der Waals surface area contributed by atoms with Gasteiger partial charge in [-0.05, 0) is 12.5 Å². The van der Waals surface area contributed by atoms with E-state index in [9.17, 15) is 16.8 Å². The minimum absolute atomic E-state index is 0.568. The summed E-state index contributed by atoms with van der Waals surface area (Å²) >= 11 is 0. The Morgan fingerprint density at radius 2 is 1.87 bits per heavy atom. The molecule has 0 aromatic rings. The number of hydrogen-bond acceptors (Lipinski definition) is 5. The van der Waals surface area contributed by atoms with Crippen molar-refractivity contribution in [3.63, 3.8) is 0 Å². The van der Waals surface area contributed by atoms with Gasteiger partial charge in [0.1, 0.15) is 0 Å². The van der Waals surface area contributed by atoms with Gasteiger partial charge in [-0.3, -0.25) is 9.11 Å². The van der Waals surface area contributed by atoms with Crippen LogP contribution in [0, 0.1) is 6.20 Å². The molecule has 0 fully saturated rings. The van der Waals surface area contributed by atoms with Crippen molar-refractivity contribution in [1.29, 1.82) is 0 Å². The molecule has 9 heteroatoms. The molecule has 7 nitrogen and oxygen atoms in total. The third kappa shape index (κ3) is 2.84. The van der Waals surface area contributed by atoms with Crippen LogP contribution in [0.4, 0.5) is 0 Å². The third-order valence-corrected chi connectivity index (χ3v) is 3.85. The predicted octanol–water partition coefficient (Wildman–Crippen LogP) is -0.831. The number of nitrogens with zero attached hydrogens (tertiary/aromatic N) is 1. The summed E-state index contributed by atoms with van der Waals surface area (Å²) in [7, 11) is -8.90.